The lowest BCUT2D eigenvalue weighted by atomic mass is 9.86. The van der Waals surface area contributed by atoms with E-state index in [1.54, 1.807) is 12.1 Å². The smallest absolute Gasteiger partial charge is 0.140 e. The van der Waals surface area contributed by atoms with Gasteiger partial charge in [0.05, 0.1) is 0 Å². The first kappa shape index (κ1) is 18.1. The molecule has 128 valence electrons. The minimum atomic E-state index is -0.0359. The fourth-order valence-electron chi connectivity index (χ4n) is 3.08. The van der Waals surface area contributed by atoms with Gasteiger partial charge in [-0.1, -0.05) is 44.5 Å². The average Bonchev–Trinajstić information content (AvgIpc) is 2.59. The van der Waals surface area contributed by atoms with E-state index < -0.39 is 0 Å². The molecule has 2 aromatic rings. The molecule has 3 heteroatoms. The monoisotopic (exact) mass is 325 g/mol. The van der Waals surface area contributed by atoms with Crippen LogP contribution in [0.15, 0.2) is 42.5 Å². The molecular weight excluding hydrogens is 298 g/mol. The van der Waals surface area contributed by atoms with Crippen LogP contribution in [0.2, 0.25) is 0 Å². The zero-order chi connectivity index (χ0) is 17.7. The zero-order valence-corrected chi connectivity index (χ0v) is 15.0. The van der Waals surface area contributed by atoms with Crippen LogP contribution in [0.1, 0.15) is 44.6 Å². The summed E-state index contributed by atoms with van der Waals surface area (Å²) in [6, 6.07) is 13.5. The highest BCUT2D eigenvalue weighted by Gasteiger charge is 2.22. The summed E-state index contributed by atoms with van der Waals surface area (Å²) >= 11 is 0. The molecule has 0 aromatic heterocycles. The lowest BCUT2D eigenvalue weighted by Gasteiger charge is -2.24. The minimum Gasteiger partial charge on any atom is -0.508 e. The number of nitrogens with zero attached hydrogens (tertiary/aromatic N) is 1. The first-order valence-corrected chi connectivity index (χ1v) is 8.61. The van der Waals surface area contributed by atoms with Gasteiger partial charge in [0, 0.05) is 32.1 Å². The number of anilines is 1. The number of hydrogen-bond donors (Lipinski definition) is 1. The summed E-state index contributed by atoms with van der Waals surface area (Å²) in [4.78, 5) is 14.5. The summed E-state index contributed by atoms with van der Waals surface area (Å²) in [5, 5.41) is 9.46. The van der Waals surface area contributed by atoms with Crippen LogP contribution < -0.4 is 4.90 Å². The van der Waals surface area contributed by atoms with E-state index in [2.05, 4.69) is 30.0 Å². The maximum absolute atomic E-state index is 12.4. The number of ketones is 1. The predicted molar refractivity (Wildman–Crippen MR) is 101 cm³/mol. The third-order valence-electron chi connectivity index (χ3n) is 4.40. The molecule has 0 saturated carbocycles. The molecule has 0 aliphatic rings. The van der Waals surface area contributed by atoms with E-state index in [0.29, 0.717) is 12.2 Å². The number of rotatable bonds is 7. The Balaban J connectivity index is 2.49. The first-order chi connectivity index (χ1) is 11.5. The van der Waals surface area contributed by atoms with E-state index in [9.17, 15) is 9.90 Å². The van der Waals surface area contributed by atoms with Crippen molar-refractivity contribution in [2.24, 2.45) is 0 Å². The second kappa shape index (κ2) is 8.00. The van der Waals surface area contributed by atoms with Crippen LogP contribution in [0.25, 0.3) is 11.1 Å². The van der Waals surface area contributed by atoms with Crippen LogP contribution in [0, 0.1) is 0 Å². The summed E-state index contributed by atoms with van der Waals surface area (Å²) in [7, 11) is 4.03. The van der Waals surface area contributed by atoms with Gasteiger partial charge in [-0.25, -0.2) is 0 Å². The molecule has 2 rings (SSSR count). The van der Waals surface area contributed by atoms with Gasteiger partial charge in [-0.05, 0) is 41.3 Å². The van der Waals surface area contributed by atoms with Crippen molar-refractivity contribution in [1.82, 2.24) is 0 Å². The summed E-state index contributed by atoms with van der Waals surface area (Å²) < 4.78 is 0. The Hall–Kier alpha value is -2.29. The lowest BCUT2D eigenvalue weighted by molar-refractivity contribution is -0.120. The molecule has 0 radical (unpaired) electrons. The molecule has 24 heavy (non-hydrogen) atoms. The molecule has 0 amide bonds. The number of aromatic hydroxyl groups is 1. The fraction of sp³-hybridized carbons (Fsp3) is 0.381. The molecule has 2 aromatic carbocycles. The summed E-state index contributed by atoms with van der Waals surface area (Å²) in [5.41, 5.74) is 4.33. The van der Waals surface area contributed by atoms with Crippen molar-refractivity contribution in [3.05, 3.63) is 48.0 Å². The van der Waals surface area contributed by atoms with Crippen LogP contribution in [0.4, 0.5) is 5.69 Å². The SMILES string of the molecule is CCCC(C(=O)CC)c1ccc(-c2ccc(O)cc2)cc1N(C)C. The molecule has 1 N–H and O–H groups in total. The van der Waals surface area contributed by atoms with Gasteiger partial charge in [-0.2, -0.15) is 0 Å². The van der Waals surface area contributed by atoms with Gasteiger partial charge in [0.25, 0.3) is 0 Å². The van der Waals surface area contributed by atoms with Crippen molar-refractivity contribution in [2.75, 3.05) is 19.0 Å². The van der Waals surface area contributed by atoms with E-state index in [1.165, 1.54) is 0 Å². The van der Waals surface area contributed by atoms with Gasteiger partial charge in [0.1, 0.15) is 11.5 Å². The number of carbonyl (C=O) groups excluding carboxylic acids is 1. The largest absolute Gasteiger partial charge is 0.508 e. The number of benzene rings is 2. The summed E-state index contributed by atoms with van der Waals surface area (Å²) in [6.07, 6.45) is 2.44. The number of phenols is 1. The predicted octanol–water partition coefficient (Wildman–Crippen LogP) is 4.99. The topological polar surface area (TPSA) is 40.5 Å². The number of phenolic OH excluding ortho intramolecular Hbond substituents is 1. The molecular formula is C21H27NO2. The van der Waals surface area contributed by atoms with Gasteiger partial charge in [0.15, 0.2) is 0 Å². The molecule has 0 spiro atoms. The fourth-order valence-corrected chi connectivity index (χ4v) is 3.08. The Morgan fingerprint density at radius 1 is 1.04 bits per heavy atom. The van der Waals surface area contributed by atoms with Crippen LogP contribution in [-0.2, 0) is 4.79 Å². The Labute approximate surface area is 144 Å². The molecule has 1 atom stereocenters. The van der Waals surface area contributed by atoms with Gasteiger partial charge in [-0.15, -0.1) is 0 Å². The van der Waals surface area contributed by atoms with Crippen molar-refractivity contribution in [3.63, 3.8) is 0 Å². The molecule has 0 heterocycles. The molecule has 0 aliphatic carbocycles. The standard InChI is InChI=1S/C21H27NO2/c1-5-7-19(21(24)6-2)18-13-10-16(14-20(18)22(3)4)15-8-11-17(23)12-9-15/h8-14,19,23H,5-7H2,1-4H3. The summed E-state index contributed by atoms with van der Waals surface area (Å²) in [6.45, 7) is 4.06. The molecule has 0 aliphatic heterocycles. The highest BCUT2D eigenvalue weighted by molar-refractivity contribution is 5.88. The van der Waals surface area contributed by atoms with Gasteiger partial charge >= 0.3 is 0 Å². The van der Waals surface area contributed by atoms with E-state index in [1.807, 2.05) is 33.2 Å². The average molecular weight is 325 g/mol. The molecule has 0 fully saturated rings. The number of hydrogen-bond acceptors (Lipinski definition) is 3. The Morgan fingerprint density at radius 2 is 1.67 bits per heavy atom. The van der Waals surface area contributed by atoms with E-state index in [4.69, 9.17) is 0 Å². The number of Topliss-reactive ketones (excluding diaryl/α,β-unsaturated/α-hetero) is 1. The third-order valence-corrected chi connectivity index (χ3v) is 4.40. The molecule has 0 saturated heterocycles. The Bertz CT molecular complexity index is 689. The molecule has 0 bridgehead atoms. The zero-order valence-electron chi connectivity index (χ0n) is 15.0. The lowest BCUT2D eigenvalue weighted by Crippen LogP contribution is -2.17. The van der Waals surface area contributed by atoms with E-state index in [0.717, 1.165) is 35.2 Å². The quantitative estimate of drug-likeness (QED) is 0.780. The third kappa shape index (κ3) is 3.97. The Kier molecular flexibility index (Phi) is 6.02. The van der Waals surface area contributed by atoms with Crippen LogP contribution in [0.5, 0.6) is 5.75 Å². The minimum absolute atomic E-state index is 0.0359. The second-order valence-corrected chi connectivity index (χ2v) is 6.38. The second-order valence-electron chi connectivity index (χ2n) is 6.38. The molecule has 3 nitrogen and oxygen atoms in total. The Morgan fingerprint density at radius 3 is 2.21 bits per heavy atom. The van der Waals surface area contributed by atoms with E-state index >= 15 is 0 Å². The van der Waals surface area contributed by atoms with Gasteiger partial charge in [0.2, 0.25) is 0 Å². The molecule has 1 unspecified atom stereocenters. The maximum Gasteiger partial charge on any atom is 0.140 e. The highest BCUT2D eigenvalue weighted by Crippen LogP contribution is 2.35. The van der Waals surface area contributed by atoms with Gasteiger partial charge in [-0.3, -0.25) is 4.79 Å². The van der Waals surface area contributed by atoms with Crippen LogP contribution in [0.3, 0.4) is 0 Å². The van der Waals surface area contributed by atoms with Gasteiger partial charge < -0.3 is 10.0 Å². The number of carbonyl (C=O) groups is 1. The van der Waals surface area contributed by atoms with Crippen molar-refractivity contribution in [1.29, 1.82) is 0 Å². The van der Waals surface area contributed by atoms with Crippen molar-refractivity contribution >= 4 is 11.5 Å². The van der Waals surface area contributed by atoms with Crippen molar-refractivity contribution in [3.8, 4) is 16.9 Å². The van der Waals surface area contributed by atoms with Crippen molar-refractivity contribution < 1.29 is 9.90 Å². The highest BCUT2D eigenvalue weighted by atomic mass is 16.3. The van der Waals surface area contributed by atoms with E-state index in [-0.39, 0.29) is 11.7 Å². The normalized spacial score (nSPS) is 12.0. The first-order valence-electron chi connectivity index (χ1n) is 8.61. The van der Waals surface area contributed by atoms with Crippen LogP contribution in [-0.4, -0.2) is 25.0 Å². The van der Waals surface area contributed by atoms with Crippen molar-refractivity contribution in [2.45, 2.75) is 39.0 Å². The maximum atomic E-state index is 12.4. The van der Waals surface area contributed by atoms with Crippen LogP contribution >= 0.6 is 0 Å². The summed E-state index contributed by atoms with van der Waals surface area (Å²) in [5.74, 6) is 0.531.